The van der Waals surface area contributed by atoms with Crippen molar-refractivity contribution in [1.29, 1.82) is 0 Å². The first-order chi connectivity index (χ1) is 9.80. The maximum Gasteiger partial charge on any atom is 0.0465 e. The molecular formula is C18H24O2. The predicted octanol–water partition coefficient (Wildman–Crippen LogP) is 3.90. The molecule has 0 aromatic heterocycles. The van der Waals surface area contributed by atoms with Gasteiger partial charge < -0.3 is 10.2 Å². The highest BCUT2D eigenvalue weighted by Crippen LogP contribution is 2.15. The summed E-state index contributed by atoms with van der Waals surface area (Å²) in [5, 5.41) is 17.6. The van der Waals surface area contributed by atoms with Gasteiger partial charge in [0.2, 0.25) is 0 Å². The maximum absolute atomic E-state index is 8.82. The zero-order valence-corrected chi connectivity index (χ0v) is 12.1. The maximum atomic E-state index is 8.82. The van der Waals surface area contributed by atoms with Gasteiger partial charge in [-0.05, 0) is 54.2 Å². The predicted molar refractivity (Wildman–Crippen MR) is 87.2 cm³/mol. The molecule has 1 aromatic rings. The van der Waals surface area contributed by atoms with Crippen LogP contribution in [0.4, 0.5) is 0 Å². The fraction of sp³-hybridized carbons (Fsp3) is 0.333. The van der Waals surface area contributed by atoms with Gasteiger partial charge in [0.15, 0.2) is 0 Å². The van der Waals surface area contributed by atoms with E-state index in [1.165, 1.54) is 5.56 Å². The molecule has 0 aliphatic heterocycles. The Morgan fingerprint density at radius 1 is 0.750 bits per heavy atom. The van der Waals surface area contributed by atoms with Crippen molar-refractivity contribution in [3.05, 3.63) is 53.1 Å². The van der Waals surface area contributed by atoms with Crippen LogP contribution >= 0.6 is 0 Å². The van der Waals surface area contributed by atoms with E-state index >= 15 is 0 Å². The van der Waals surface area contributed by atoms with Gasteiger partial charge in [0.25, 0.3) is 0 Å². The van der Waals surface area contributed by atoms with Crippen LogP contribution in [0.1, 0.15) is 42.9 Å². The average Bonchev–Trinajstić information content (AvgIpc) is 2.46. The standard InChI is InChI=1S/C18H24O2/c1-2-3-8-16-13-17(9-4-6-11-19)15-18(14-16)10-5-7-12-20/h3-5,8-10,13-15,19-20H,2,6-7,11-12H2,1H3/b8-3+,9-4+,10-5+. The molecule has 20 heavy (non-hydrogen) atoms. The lowest BCUT2D eigenvalue weighted by atomic mass is 10.0. The molecule has 2 nitrogen and oxygen atoms in total. The lowest BCUT2D eigenvalue weighted by Gasteiger charge is -2.02. The van der Waals surface area contributed by atoms with Crippen LogP contribution < -0.4 is 0 Å². The lowest BCUT2D eigenvalue weighted by Crippen LogP contribution is -1.83. The molecule has 1 rings (SSSR count). The van der Waals surface area contributed by atoms with Gasteiger partial charge in [-0.3, -0.25) is 0 Å². The molecule has 0 aliphatic carbocycles. The minimum atomic E-state index is 0.176. The van der Waals surface area contributed by atoms with Crippen LogP contribution in [0.3, 0.4) is 0 Å². The molecule has 1 aromatic carbocycles. The molecule has 0 spiro atoms. The lowest BCUT2D eigenvalue weighted by molar-refractivity contribution is 0.302. The van der Waals surface area contributed by atoms with Gasteiger partial charge in [0.1, 0.15) is 0 Å². The molecule has 0 fully saturated rings. The second kappa shape index (κ2) is 10.2. The van der Waals surface area contributed by atoms with E-state index in [0.717, 1.165) is 17.5 Å². The molecule has 0 atom stereocenters. The quantitative estimate of drug-likeness (QED) is 0.753. The molecule has 0 heterocycles. The Balaban J connectivity index is 2.97. The van der Waals surface area contributed by atoms with E-state index in [-0.39, 0.29) is 13.2 Å². The number of benzene rings is 1. The second-order valence-electron chi connectivity index (χ2n) is 4.57. The van der Waals surface area contributed by atoms with Gasteiger partial charge in [0.05, 0.1) is 0 Å². The highest BCUT2D eigenvalue weighted by molar-refractivity contribution is 5.64. The fourth-order valence-electron chi connectivity index (χ4n) is 1.83. The highest BCUT2D eigenvalue weighted by Gasteiger charge is 1.95. The van der Waals surface area contributed by atoms with Crippen molar-refractivity contribution in [2.75, 3.05) is 13.2 Å². The first-order valence-corrected chi connectivity index (χ1v) is 7.16. The summed E-state index contributed by atoms with van der Waals surface area (Å²) in [6, 6.07) is 6.36. The molecule has 108 valence electrons. The van der Waals surface area contributed by atoms with Crippen molar-refractivity contribution in [1.82, 2.24) is 0 Å². The van der Waals surface area contributed by atoms with Crippen LogP contribution in [0.25, 0.3) is 18.2 Å². The Morgan fingerprint density at radius 2 is 1.15 bits per heavy atom. The topological polar surface area (TPSA) is 40.5 Å². The van der Waals surface area contributed by atoms with Crippen molar-refractivity contribution in [2.24, 2.45) is 0 Å². The Kier molecular flexibility index (Phi) is 8.36. The molecule has 0 saturated heterocycles. The van der Waals surface area contributed by atoms with Gasteiger partial charge >= 0.3 is 0 Å². The van der Waals surface area contributed by atoms with Gasteiger partial charge in [0, 0.05) is 13.2 Å². The summed E-state index contributed by atoms with van der Waals surface area (Å²) in [5.74, 6) is 0. The van der Waals surface area contributed by atoms with Crippen LogP contribution in [-0.4, -0.2) is 23.4 Å². The summed E-state index contributed by atoms with van der Waals surface area (Å²) in [6.07, 6.45) is 14.6. The van der Waals surface area contributed by atoms with Crippen molar-refractivity contribution >= 4 is 18.2 Å². The van der Waals surface area contributed by atoms with Crippen LogP contribution in [-0.2, 0) is 0 Å². The van der Waals surface area contributed by atoms with Crippen molar-refractivity contribution < 1.29 is 10.2 Å². The van der Waals surface area contributed by atoms with E-state index in [0.29, 0.717) is 12.8 Å². The Morgan fingerprint density at radius 3 is 1.50 bits per heavy atom. The van der Waals surface area contributed by atoms with Crippen LogP contribution in [0, 0.1) is 0 Å². The monoisotopic (exact) mass is 272 g/mol. The number of aliphatic hydroxyl groups is 2. The first kappa shape index (κ1) is 16.4. The summed E-state index contributed by atoms with van der Waals surface area (Å²) < 4.78 is 0. The zero-order valence-electron chi connectivity index (χ0n) is 12.1. The Bertz CT molecular complexity index is 436. The van der Waals surface area contributed by atoms with Gasteiger partial charge in [-0.15, -0.1) is 0 Å². The number of allylic oxidation sites excluding steroid dienone is 1. The summed E-state index contributed by atoms with van der Waals surface area (Å²) in [6.45, 7) is 2.47. The molecule has 2 N–H and O–H groups in total. The molecule has 0 saturated carbocycles. The Labute approximate surface area is 121 Å². The second-order valence-corrected chi connectivity index (χ2v) is 4.57. The van der Waals surface area contributed by atoms with E-state index in [1.54, 1.807) is 0 Å². The third-order valence-corrected chi connectivity index (χ3v) is 2.76. The Hall–Kier alpha value is -1.64. The number of hydrogen-bond donors (Lipinski definition) is 2. The molecule has 0 radical (unpaired) electrons. The first-order valence-electron chi connectivity index (χ1n) is 7.16. The van der Waals surface area contributed by atoms with Gasteiger partial charge in [-0.25, -0.2) is 0 Å². The van der Waals surface area contributed by atoms with Crippen molar-refractivity contribution in [3.8, 4) is 0 Å². The third kappa shape index (κ3) is 6.50. The minimum Gasteiger partial charge on any atom is -0.396 e. The number of aliphatic hydroxyl groups excluding tert-OH is 2. The molecule has 0 unspecified atom stereocenters. The van der Waals surface area contributed by atoms with Crippen molar-refractivity contribution in [3.63, 3.8) is 0 Å². The average molecular weight is 272 g/mol. The largest absolute Gasteiger partial charge is 0.396 e. The minimum absolute atomic E-state index is 0.176. The van der Waals surface area contributed by atoms with E-state index < -0.39 is 0 Å². The summed E-state index contributed by atoms with van der Waals surface area (Å²) >= 11 is 0. The number of rotatable bonds is 8. The van der Waals surface area contributed by atoms with Gasteiger partial charge in [-0.1, -0.05) is 43.4 Å². The van der Waals surface area contributed by atoms with Gasteiger partial charge in [-0.2, -0.15) is 0 Å². The normalized spacial score (nSPS) is 12.2. The van der Waals surface area contributed by atoms with E-state index in [2.05, 4.69) is 37.3 Å². The third-order valence-electron chi connectivity index (χ3n) is 2.76. The fourth-order valence-corrected chi connectivity index (χ4v) is 1.83. The number of hydrogen-bond acceptors (Lipinski definition) is 2. The van der Waals surface area contributed by atoms with Crippen LogP contribution in [0.5, 0.6) is 0 Å². The molecule has 0 bridgehead atoms. The SMILES string of the molecule is CC/C=C/c1cc(/C=C/CCO)cc(/C=C/CCO)c1. The molecule has 0 amide bonds. The smallest absolute Gasteiger partial charge is 0.0465 e. The zero-order chi connectivity index (χ0) is 14.6. The van der Waals surface area contributed by atoms with E-state index in [9.17, 15) is 0 Å². The summed E-state index contributed by atoms with van der Waals surface area (Å²) in [4.78, 5) is 0. The van der Waals surface area contributed by atoms with Crippen LogP contribution in [0.15, 0.2) is 36.4 Å². The molecular weight excluding hydrogens is 248 g/mol. The van der Waals surface area contributed by atoms with E-state index in [1.807, 2.05) is 24.3 Å². The molecule has 0 aliphatic rings. The summed E-state index contributed by atoms with van der Waals surface area (Å²) in [7, 11) is 0. The summed E-state index contributed by atoms with van der Waals surface area (Å²) in [5.41, 5.74) is 3.42. The molecule has 2 heteroatoms. The van der Waals surface area contributed by atoms with E-state index in [4.69, 9.17) is 10.2 Å². The van der Waals surface area contributed by atoms with Crippen LogP contribution in [0.2, 0.25) is 0 Å². The highest BCUT2D eigenvalue weighted by atomic mass is 16.3. The van der Waals surface area contributed by atoms with Crippen molar-refractivity contribution in [2.45, 2.75) is 26.2 Å².